The fourth-order valence-corrected chi connectivity index (χ4v) is 1.20. The van der Waals surface area contributed by atoms with E-state index in [1.54, 1.807) is 0 Å². The second-order valence-corrected chi connectivity index (χ2v) is 3.80. The highest BCUT2D eigenvalue weighted by Gasteiger charge is 2.33. The standard InChI is InChI=1S/C10H21NO8/c12-2-4-19-3-1-11-10(18)9(17)8(16)7(15)6(14)5-13/h6-9,12-17H,1-5H2,(H,11,18). The first kappa shape index (κ1) is 18.2. The van der Waals surface area contributed by atoms with E-state index in [9.17, 15) is 20.1 Å². The van der Waals surface area contributed by atoms with Crippen LogP contribution in [-0.4, -0.2) is 93.9 Å². The average Bonchev–Trinajstić information content (AvgIpc) is 2.43. The normalized spacial score (nSPS) is 17.6. The average molecular weight is 283 g/mol. The molecule has 9 heteroatoms. The van der Waals surface area contributed by atoms with Gasteiger partial charge in [0.1, 0.15) is 18.3 Å². The molecule has 0 aliphatic carbocycles. The molecule has 0 bridgehead atoms. The van der Waals surface area contributed by atoms with Crippen LogP contribution in [0.1, 0.15) is 0 Å². The second-order valence-electron chi connectivity index (χ2n) is 3.80. The Labute approximate surface area is 110 Å². The zero-order valence-electron chi connectivity index (χ0n) is 10.3. The van der Waals surface area contributed by atoms with Gasteiger partial charge < -0.3 is 40.7 Å². The number of nitrogens with one attached hydrogen (secondary N) is 1. The van der Waals surface area contributed by atoms with Crippen molar-refractivity contribution in [2.75, 3.05) is 33.0 Å². The SMILES string of the molecule is O=C(NCCOCCO)C(O)C(O)C(O)C(O)CO. The summed E-state index contributed by atoms with van der Waals surface area (Å²) in [5.74, 6) is -0.954. The van der Waals surface area contributed by atoms with Gasteiger partial charge in [-0.2, -0.15) is 0 Å². The molecule has 0 aromatic rings. The number of hydrogen-bond acceptors (Lipinski definition) is 8. The second kappa shape index (κ2) is 10.0. The minimum absolute atomic E-state index is 0.0429. The van der Waals surface area contributed by atoms with Gasteiger partial charge in [-0.05, 0) is 0 Å². The Kier molecular flexibility index (Phi) is 9.61. The first-order valence-corrected chi connectivity index (χ1v) is 5.75. The fraction of sp³-hybridized carbons (Fsp3) is 0.900. The third-order valence-electron chi connectivity index (χ3n) is 2.30. The first-order valence-electron chi connectivity index (χ1n) is 5.75. The van der Waals surface area contributed by atoms with Crippen LogP contribution in [0.25, 0.3) is 0 Å². The molecule has 0 saturated carbocycles. The highest BCUT2D eigenvalue weighted by molar-refractivity contribution is 5.81. The minimum Gasteiger partial charge on any atom is -0.394 e. The van der Waals surface area contributed by atoms with Gasteiger partial charge in [0, 0.05) is 6.54 Å². The highest BCUT2D eigenvalue weighted by Crippen LogP contribution is 2.05. The largest absolute Gasteiger partial charge is 0.394 e. The molecule has 0 aliphatic heterocycles. The Morgan fingerprint density at radius 1 is 1.05 bits per heavy atom. The molecule has 0 aromatic heterocycles. The first-order chi connectivity index (χ1) is 8.95. The molecular formula is C10H21NO8. The summed E-state index contributed by atoms with van der Waals surface area (Å²) in [4.78, 5) is 11.4. The summed E-state index contributed by atoms with van der Waals surface area (Å²) in [5.41, 5.74) is 0. The Morgan fingerprint density at radius 3 is 2.21 bits per heavy atom. The van der Waals surface area contributed by atoms with Crippen LogP contribution in [0.4, 0.5) is 0 Å². The van der Waals surface area contributed by atoms with Gasteiger partial charge in [0.25, 0.3) is 5.91 Å². The Balaban J connectivity index is 4.03. The maximum atomic E-state index is 11.4. The van der Waals surface area contributed by atoms with E-state index in [-0.39, 0.29) is 26.4 Å². The van der Waals surface area contributed by atoms with E-state index >= 15 is 0 Å². The number of carbonyl (C=O) groups excluding carboxylic acids is 1. The van der Waals surface area contributed by atoms with Crippen molar-refractivity contribution in [3.05, 3.63) is 0 Å². The highest BCUT2D eigenvalue weighted by atomic mass is 16.5. The van der Waals surface area contributed by atoms with E-state index in [1.165, 1.54) is 0 Å². The van der Waals surface area contributed by atoms with E-state index in [1.807, 2.05) is 0 Å². The predicted molar refractivity (Wildman–Crippen MR) is 62.0 cm³/mol. The van der Waals surface area contributed by atoms with Gasteiger partial charge >= 0.3 is 0 Å². The maximum Gasteiger partial charge on any atom is 0.251 e. The molecule has 4 unspecified atom stereocenters. The van der Waals surface area contributed by atoms with Gasteiger partial charge in [-0.15, -0.1) is 0 Å². The third-order valence-corrected chi connectivity index (χ3v) is 2.30. The Bertz CT molecular complexity index is 252. The molecule has 0 aromatic carbocycles. The molecule has 7 N–H and O–H groups in total. The molecule has 0 heterocycles. The van der Waals surface area contributed by atoms with Crippen LogP contribution in [0.3, 0.4) is 0 Å². The molecule has 0 saturated heterocycles. The van der Waals surface area contributed by atoms with Gasteiger partial charge in [0.15, 0.2) is 6.10 Å². The van der Waals surface area contributed by atoms with Gasteiger partial charge in [-0.25, -0.2) is 0 Å². The lowest BCUT2D eigenvalue weighted by molar-refractivity contribution is -0.149. The summed E-state index contributed by atoms with van der Waals surface area (Å²) < 4.78 is 4.85. The maximum absolute atomic E-state index is 11.4. The number of ether oxygens (including phenoxy) is 1. The number of aliphatic hydroxyl groups excluding tert-OH is 6. The van der Waals surface area contributed by atoms with Crippen molar-refractivity contribution >= 4 is 5.91 Å². The van der Waals surface area contributed by atoms with Gasteiger partial charge in [0.05, 0.1) is 26.4 Å². The van der Waals surface area contributed by atoms with E-state index in [2.05, 4.69) is 5.32 Å². The molecule has 0 fully saturated rings. The number of amides is 1. The topological polar surface area (TPSA) is 160 Å². The van der Waals surface area contributed by atoms with Crippen LogP contribution in [0.5, 0.6) is 0 Å². The Morgan fingerprint density at radius 2 is 1.68 bits per heavy atom. The molecule has 0 rings (SSSR count). The summed E-state index contributed by atoms with van der Waals surface area (Å²) in [7, 11) is 0. The van der Waals surface area contributed by atoms with Gasteiger partial charge in [0.2, 0.25) is 0 Å². The predicted octanol–water partition coefficient (Wildman–Crippen LogP) is -4.45. The molecule has 0 radical (unpaired) electrons. The van der Waals surface area contributed by atoms with Crippen LogP contribution >= 0.6 is 0 Å². The Hall–Kier alpha value is -0.810. The van der Waals surface area contributed by atoms with Crippen LogP contribution < -0.4 is 5.32 Å². The lowest BCUT2D eigenvalue weighted by atomic mass is 10.0. The van der Waals surface area contributed by atoms with Crippen LogP contribution in [0.15, 0.2) is 0 Å². The third kappa shape index (κ3) is 6.78. The molecule has 19 heavy (non-hydrogen) atoms. The van der Waals surface area contributed by atoms with Crippen molar-refractivity contribution in [2.45, 2.75) is 24.4 Å². The fourth-order valence-electron chi connectivity index (χ4n) is 1.20. The van der Waals surface area contributed by atoms with Crippen molar-refractivity contribution in [3.63, 3.8) is 0 Å². The molecule has 114 valence electrons. The molecular weight excluding hydrogens is 262 g/mol. The summed E-state index contributed by atoms with van der Waals surface area (Å²) in [5, 5.41) is 56.4. The van der Waals surface area contributed by atoms with E-state index in [0.29, 0.717) is 0 Å². The minimum atomic E-state index is -1.95. The molecule has 1 amide bonds. The van der Waals surface area contributed by atoms with Gasteiger partial charge in [-0.1, -0.05) is 0 Å². The zero-order valence-corrected chi connectivity index (χ0v) is 10.3. The smallest absolute Gasteiger partial charge is 0.251 e. The van der Waals surface area contributed by atoms with Crippen molar-refractivity contribution in [1.82, 2.24) is 5.32 Å². The van der Waals surface area contributed by atoms with E-state index in [4.69, 9.17) is 20.1 Å². The number of aliphatic hydroxyl groups is 6. The summed E-state index contributed by atoms with van der Waals surface area (Å²) in [6.07, 6.45) is -7.39. The van der Waals surface area contributed by atoms with Gasteiger partial charge in [-0.3, -0.25) is 4.79 Å². The molecule has 9 nitrogen and oxygen atoms in total. The van der Waals surface area contributed by atoms with Crippen LogP contribution in [0.2, 0.25) is 0 Å². The summed E-state index contributed by atoms with van der Waals surface area (Å²) >= 11 is 0. The molecule has 0 spiro atoms. The van der Waals surface area contributed by atoms with Crippen LogP contribution in [0, 0.1) is 0 Å². The quantitative estimate of drug-likeness (QED) is 0.198. The monoisotopic (exact) mass is 283 g/mol. The van der Waals surface area contributed by atoms with Crippen molar-refractivity contribution < 1.29 is 40.2 Å². The molecule has 0 aliphatic rings. The van der Waals surface area contributed by atoms with E-state index < -0.39 is 36.9 Å². The lowest BCUT2D eigenvalue weighted by Crippen LogP contribution is -2.52. The van der Waals surface area contributed by atoms with E-state index in [0.717, 1.165) is 0 Å². The van der Waals surface area contributed by atoms with Crippen molar-refractivity contribution in [1.29, 1.82) is 0 Å². The number of hydrogen-bond donors (Lipinski definition) is 7. The summed E-state index contributed by atoms with van der Waals surface area (Å²) in [6, 6.07) is 0. The molecule has 4 atom stereocenters. The number of rotatable bonds is 10. The van der Waals surface area contributed by atoms with Crippen molar-refractivity contribution in [2.24, 2.45) is 0 Å². The zero-order chi connectivity index (χ0) is 14.8. The summed E-state index contributed by atoms with van der Waals surface area (Å²) in [6.45, 7) is -0.706. The number of carbonyl (C=O) groups is 1. The van der Waals surface area contributed by atoms with Crippen LogP contribution in [-0.2, 0) is 9.53 Å². The van der Waals surface area contributed by atoms with Crippen molar-refractivity contribution in [3.8, 4) is 0 Å². The lowest BCUT2D eigenvalue weighted by Gasteiger charge is -2.24.